The van der Waals surface area contributed by atoms with Gasteiger partial charge in [0.05, 0.1) is 5.52 Å². The molecule has 2 rings (SSSR count). The molecule has 0 atom stereocenters. The van der Waals surface area contributed by atoms with Gasteiger partial charge in [-0.2, -0.15) is 0 Å². The Morgan fingerprint density at radius 2 is 2.31 bits per heavy atom. The number of pyridine rings is 1. The number of aromatic amines is 1. The summed E-state index contributed by atoms with van der Waals surface area (Å²) in [5.74, 6) is 0. The number of nitrogens with zero attached hydrogens (tertiary/aromatic N) is 1. The highest BCUT2D eigenvalue weighted by Gasteiger charge is 2.02. The summed E-state index contributed by atoms with van der Waals surface area (Å²) in [7, 11) is 1.76. The summed E-state index contributed by atoms with van der Waals surface area (Å²) in [6.45, 7) is 2.08. The van der Waals surface area contributed by atoms with Crippen LogP contribution in [-0.4, -0.2) is 9.55 Å². The summed E-state index contributed by atoms with van der Waals surface area (Å²) in [5.41, 5.74) is 2.27. The fourth-order valence-electron chi connectivity index (χ4n) is 1.55. The van der Waals surface area contributed by atoms with Gasteiger partial charge in [0.2, 0.25) is 0 Å². The van der Waals surface area contributed by atoms with E-state index < -0.39 is 0 Å². The number of fused-ring (bicyclic) bond motifs is 1. The molecule has 0 saturated carbocycles. The molecule has 0 aliphatic rings. The third kappa shape index (κ3) is 1.16. The van der Waals surface area contributed by atoms with E-state index in [4.69, 9.17) is 0 Å². The van der Waals surface area contributed by atoms with Crippen LogP contribution in [0.2, 0.25) is 0 Å². The lowest BCUT2D eigenvalue weighted by Crippen LogP contribution is -2.13. The highest BCUT2D eigenvalue weighted by molar-refractivity contribution is 5.82. The third-order valence-electron chi connectivity index (χ3n) is 2.36. The van der Waals surface area contributed by atoms with Gasteiger partial charge in [-0.1, -0.05) is 6.92 Å². The molecule has 0 amide bonds. The Bertz CT molecular complexity index is 493. The first-order valence-electron chi connectivity index (χ1n) is 4.39. The van der Waals surface area contributed by atoms with Crippen LogP contribution in [-0.2, 0) is 13.5 Å². The molecule has 13 heavy (non-hydrogen) atoms. The Morgan fingerprint density at radius 1 is 1.54 bits per heavy atom. The Labute approximate surface area is 76.0 Å². The first-order valence-corrected chi connectivity index (χ1v) is 4.39. The quantitative estimate of drug-likeness (QED) is 0.701. The Hall–Kier alpha value is -1.51. The number of nitrogens with one attached hydrogen (secondary N) is 1. The normalized spacial score (nSPS) is 10.9. The van der Waals surface area contributed by atoms with E-state index >= 15 is 0 Å². The van der Waals surface area contributed by atoms with Crippen LogP contribution in [0.4, 0.5) is 0 Å². The molecule has 0 radical (unpaired) electrons. The molecular formula is C10H12N2O. The number of hydrogen-bond acceptors (Lipinski definition) is 1. The van der Waals surface area contributed by atoms with E-state index in [1.807, 2.05) is 12.4 Å². The maximum Gasteiger partial charge on any atom is 0.251 e. The fraction of sp³-hybridized carbons (Fsp3) is 0.300. The predicted octanol–water partition coefficient (Wildman–Crippen LogP) is 1.43. The number of rotatable bonds is 1. The Balaban J connectivity index is 2.84. The van der Waals surface area contributed by atoms with Crippen molar-refractivity contribution in [2.24, 2.45) is 7.05 Å². The second-order valence-corrected chi connectivity index (χ2v) is 3.22. The zero-order chi connectivity index (χ0) is 9.42. The van der Waals surface area contributed by atoms with E-state index in [-0.39, 0.29) is 5.56 Å². The molecule has 3 nitrogen and oxygen atoms in total. The minimum Gasteiger partial charge on any atom is -0.360 e. The Kier molecular flexibility index (Phi) is 1.72. The monoisotopic (exact) mass is 176 g/mol. The van der Waals surface area contributed by atoms with Crippen LogP contribution in [0, 0.1) is 0 Å². The molecule has 0 spiro atoms. The maximum atomic E-state index is 11.3. The maximum absolute atomic E-state index is 11.3. The van der Waals surface area contributed by atoms with E-state index in [0.29, 0.717) is 0 Å². The van der Waals surface area contributed by atoms with E-state index in [9.17, 15) is 4.79 Å². The lowest BCUT2D eigenvalue weighted by molar-refractivity contribution is 0.868. The minimum absolute atomic E-state index is 0.0433. The van der Waals surface area contributed by atoms with Gasteiger partial charge in [0.1, 0.15) is 0 Å². The molecule has 0 aliphatic carbocycles. The van der Waals surface area contributed by atoms with Crippen molar-refractivity contribution < 1.29 is 0 Å². The first-order chi connectivity index (χ1) is 6.22. The van der Waals surface area contributed by atoms with Crippen LogP contribution in [0.15, 0.2) is 23.3 Å². The van der Waals surface area contributed by atoms with Crippen LogP contribution in [0.1, 0.15) is 12.5 Å². The van der Waals surface area contributed by atoms with Gasteiger partial charge in [0, 0.05) is 30.9 Å². The smallest absolute Gasteiger partial charge is 0.251 e. The van der Waals surface area contributed by atoms with Crippen molar-refractivity contribution in [2.75, 3.05) is 0 Å². The first kappa shape index (κ1) is 8.10. The summed E-state index contributed by atoms with van der Waals surface area (Å²) in [6.07, 6.45) is 4.74. The van der Waals surface area contributed by atoms with Gasteiger partial charge < -0.3 is 9.55 Å². The zero-order valence-corrected chi connectivity index (χ0v) is 7.79. The van der Waals surface area contributed by atoms with Gasteiger partial charge in [0.15, 0.2) is 0 Å². The van der Waals surface area contributed by atoms with E-state index in [2.05, 4.69) is 11.9 Å². The van der Waals surface area contributed by atoms with Crippen molar-refractivity contribution in [2.45, 2.75) is 13.3 Å². The molecule has 0 aromatic carbocycles. The standard InChI is InChI=1S/C10H12N2O/c1-3-7-5-11-9-6-12(2)10(13)4-8(7)9/h4-6,11H,3H2,1-2H3. The number of aromatic nitrogens is 2. The lowest BCUT2D eigenvalue weighted by atomic mass is 10.2. The lowest BCUT2D eigenvalue weighted by Gasteiger charge is -1.97. The molecule has 0 saturated heterocycles. The molecule has 2 aromatic rings. The Morgan fingerprint density at radius 3 is 3.00 bits per heavy atom. The highest BCUT2D eigenvalue weighted by atomic mass is 16.1. The van der Waals surface area contributed by atoms with Crippen molar-refractivity contribution in [1.82, 2.24) is 9.55 Å². The number of hydrogen-bond donors (Lipinski definition) is 1. The number of aryl methyl sites for hydroxylation is 2. The molecule has 0 unspecified atom stereocenters. The molecule has 2 heterocycles. The van der Waals surface area contributed by atoms with Gasteiger partial charge in [-0.05, 0) is 12.0 Å². The van der Waals surface area contributed by atoms with Crippen molar-refractivity contribution in [3.05, 3.63) is 34.4 Å². The van der Waals surface area contributed by atoms with Crippen molar-refractivity contribution in [3.8, 4) is 0 Å². The van der Waals surface area contributed by atoms with Gasteiger partial charge in [-0.25, -0.2) is 0 Å². The van der Waals surface area contributed by atoms with Crippen LogP contribution in [0.25, 0.3) is 10.9 Å². The van der Waals surface area contributed by atoms with Crippen LogP contribution < -0.4 is 5.56 Å². The summed E-state index contributed by atoms with van der Waals surface area (Å²) < 4.78 is 1.58. The van der Waals surface area contributed by atoms with Crippen molar-refractivity contribution in [1.29, 1.82) is 0 Å². The molecule has 0 bridgehead atoms. The molecule has 0 fully saturated rings. The summed E-state index contributed by atoms with van der Waals surface area (Å²) in [6, 6.07) is 1.69. The molecule has 2 aromatic heterocycles. The largest absolute Gasteiger partial charge is 0.360 e. The van der Waals surface area contributed by atoms with Crippen molar-refractivity contribution in [3.63, 3.8) is 0 Å². The molecular weight excluding hydrogens is 164 g/mol. The van der Waals surface area contributed by atoms with Gasteiger partial charge in [0.25, 0.3) is 5.56 Å². The average molecular weight is 176 g/mol. The van der Waals surface area contributed by atoms with E-state index in [1.54, 1.807) is 17.7 Å². The van der Waals surface area contributed by atoms with Crippen LogP contribution in [0.5, 0.6) is 0 Å². The van der Waals surface area contributed by atoms with Crippen molar-refractivity contribution >= 4 is 10.9 Å². The molecule has 68 valence electrons. The van der Waals surface area contributed by atoms with Gasteiger partial charge in [-0.3, -0.25) is 4.79 Å². The molecule has 0 aliphatic heterocycles. The average Bonchev–Trinajstić information content (AvgIpc) is 2.48. The second-order valence-electron chi connectivity index (χ2n) is 3.22. The highest BCUT2D eigenvalue weighted by Crippen LogP contribution is 2.15. The van der Waals surface area contributed by atoms with E-state index in [1.165, 1.54) is 5.56 Å². The minimum atomic E-state index is 0.0433. The summed E-state index contributed by atoms with van der Waals surface area (Å²) in [4.78, 5) is 14.5. The van der Waals surface area contributed by atoms with Gasteiger partial charge >= 0.3 is 0 Å². The molecule has 1 N–H and O–H groups in total. The molecule has 3 heteroatoms. The zero-order valence-electron chi connectivity index (χ0n) is 7.79. The SMILES string of the molecule is CCc1c[nH]c2cn(C)c(=O)cc12. The topological polar surface area (TPSA) is 37.8 Å². The van der Waals surface area contributed by atoms with Crippen LogP contribution >= 0.6 is 0 Å². The summed E-state index contributed by atoms with van der Waals surface area (Å²) >= 11 is 0. The third-order valence-corrected chi connectivity index (χ3v) is 2.36. The fourth-order valence-corrected chi connectivity index (χ4v) is 1.55. The second kappa shape index (κ2) is 2.76. The number of H-pyrrole nitrogens is 1. The predicted molar refractivity (Wildman–Crippen MR) is 52.9 cm³/mol. The summed E-state index contributed by atoms with van der Waals surface area (Å²) in [5, 5.41) is 1.05. The van der Waals surface area contributed by atoms with E-state index in [0.717, 1.165) is 17.3 Å². The van der Waals surface area contributed by atoms with Crippen LogP contribution in [0.3, 0.4) is 0 Å². The van der Waals surface area contributed by atoms with Gasteiger partial charge in [-0.15, -0.1) is 0 Å².